The maximum absolute atomic E-state index is 10.9. The largest absolute Gasteiger partial charge is 0.320 e. The van der Waals surface area contributed by atoms with Crippen LogP contribution in [0.5, 0.6) is 0 Å². The molecule has 1 aromatic heterocycles. The Labute approximate surface area is 95.4 Å². The molecule has 2 rings (SSSR count). The monoisotopic (exact) mass is 259 g/mol. The first-order chi connectivity index (χ1) is 7.43. The predicted molar refractivity (Wildman–Crippen MR) is 60.4 cm³/mol. The molecule has 6 nitrogen and oxygen atoms in total. The maximum atomic E-state index is 10.9. The molecule has 0 bridgehead atoms. The summed E-state index contributed by atoms with van der Waals surface area (Å²) in [6.45, 7) is 0. The molecule has 1 aromatic carbocycles. The van der Waals surface area contributed by atoms with Crippen LogP contribution >= 0.6 is 11.3 Å². The Morgan fingerprint density at radius 2 is 2.19 bits per heavy atom. The second-order valence-corrected chi connectivity index (χ2v) is 5.61. The fraction of sp³-hybridized carbons (Fsp3) is 0.125. The number of hydrogen-bond donors (Lipinski definition) is 2. The molecule has 0 spiro atoms. The van der Waals surface area contributed by atoms with E-state index in [4.69, 9.17) is 10.4 Å². The SMILES string of the molecule is Cn1/c(=N\N)sc2cc(S(=O)(=O)O)ccc21. The molecule has 86 valence electrons. The van der Waals surface area contributed by atoms with Gasteiger partial charge in [0.25, 0.3) is 10.1 Å². The number of fused-ring (bicyclic) bond motifs is 1. The Morgan fingerprint density at radius 1 is 1.50 bits per heavy atom. The molecule has 0 atom stereocenters. The number of aryl methyl sites for hydroxylation is 1. The number of hydrogen-bond acceptors (Lipinski definition) is 5. The van der Waals surface area contributed by atoms with Gasteiger partial charge < -0.3 is 10.4 Å². The zero-order valence-corrected chi connectivity index (χ0v) is 9.92. The maximum Gasteiger partial charge on any atom is 0.294 e. The van der Waals surface area contributed by atoms with Crippen LogP contribution in [0.25, 0.3) is 10.2 Å². The molecule has 0 saturated heterocycles. The lowest BCUT2D eigenvalue weighted by molar-refractivity contribution is 0.483. The third kappa shape index (κ3) is 1.70. The Balaban J connectivity index is 2.84. The van der Waals surface area contributed by atoms with Gasteiger partial charge in [-0.2, -0.15) is 13.5 Å². The van der Waals surface area contributed by atoms with Gasteiger partial charge in [-0.25, -0.2) is 0 Å². The molecular weight excluding hydrogens is 250 g/mol. The third-order valence-corrected chi connectivity index (χ3v) is 4.15. The van der Waals surface area contributed by atoms with Crippen LogP contribution in [0, 0.1) is 0 Å². The molecule has 8 heteroatoms. The van der Waals surface area contributed by atoms with E-state index in [1.807, 2.05) is 0 Å². The summed E-state index contributed by atoms with van der Waals surface area (Å²) in [4.78, 5) is 0.438. The highest BCUT2D eigenvalue weighted by atomic mass is 32.2. The van der Waals surface area contributed by atoms with Crippen molar-refractivity contribution in [3.63, 3.8) is 0 Å². The first-order valence-electron chi connectivity index (χ1n) is 4.24. The molecule has 0 fully saturated rings. The van der Waals surface area contributed by atoms with Crippen molar-refractivity contribution in [2.45, 2.75) is 4.90 Å². The lowest BCUT2D eigenvalue weighted by atomic mass is 10.3. The van der Waals surface area contributed by atoms with Crippen molar-refractivity contribution in [1.82, 2.24) is 4.57 Å². The molecule has 0 unspecified atom stereocenters. The minimum atomic E-state index is -4.17. The minimum absolute atomic E-state index is 0.134. The molecule has 0 aliphatic heterocycles. The van der Waals surface area contributed by atoms with Crippen molar-refractivity contribution >= 4 is 31.7 Å². The van der Waals surface area contributed by atoms with Gasteiger partial charge in [-0.1, -0.05) is 11.3 Å². The highest BCUT2D eigenvalue weighted by Gasteiger charge is 2.11. The second-order valence-electron chi connectivity index (χ2n) is 3.18. The number of thiazole rings is 1. The van der Waals surface area contributed by atoms with Gasteiger partial charge in [-0.3, -0.25) is 4.55 Å². The summed E-state index contributed by atoms with van der Waals surface area (Å²) in [5, 5.41) is 3.57. The van der Waals surface area contributed by atoms with Gasteiger partial charge in [0.1, 0.15) is 0 Å². The number of benzene rings is 1. The number of aromatic nitrogens is 1. The third-order valence-electron chi connectivity index (χ3n) is 2.19. The van der Waals surface area contributed by atoms with E-state index in [1.54, 1.807) is 17.7 Å². The molecule has 16 heavy (non-hydrogen) atoms. The number of rotatable bonds is 1. The fourth-order valence-electron chi connectivity index (χ4n) is 1.40. The van der Waals surface area contributed by atoms with Crippen LogP contribution in [-0.2, 0) is 17.2 Å². The molecule has 0 aliphatic carbocycles. The van der Waals surface area contributed by atoms with E-state index < -0.39 is 10.1 Å². The van der Waals surface area contributed by atoms with Crippen LogP contribution in [0.1, 0.15) is 0 Å². The average Bonchev–Trinajstić information content (AvgIpc) is 2.54. The highest BCUT2D eigenvalue weighted by Crippen LogP contribution is 2.20. The summed E-state index contributed by atoms with van der Waals surface area (Å²) >= 11 is 1.25. The van der Waals surface area contributed by atoms with Gasteiger partial charge in [0.2, 0.25) is 4.80 Å². The minimum Gasteiger partial charge on any atom is -0.320 e. The molecular formula is C8H9N3O3S2. The second kappa shape index (κ2) is 3.58. The average molecular weight is 259 g/mol. The summed E-state index contributed by atoms with van der Waals surface area (Å²) in [5.74, 6) is 5.19. The lowest BCUT2D eigenvalue weighted by Gasteiger charge is -1.97. The van der Waals surface area contributed by atoms with E-state index in [0.717, 1.165) is 5.52 Å². The first kappa shape index (κ1) is 11.1. The number of nitrogens with zero attached hydrogens (tertiary/aromatic N) is 2. The van der Waals surface area contributed by atoms with Gasteiger partial charge >= 0.3 is 0 Å². The van der Waals surface area contributed by atoms with Crippen molar-refractivity contribution < 1.29 is 13.0 Å². The molecule has 2 aromatic rings. The van der Waals surface area contributed by atoms with Crippen molar-refractivity contribution in [2.75, 3.05) is 0 Å². The summed E-state index contributed by atoms with van der Waals surface area (Å²) in [6, 6.07) is 4.33. The zero-order valence-electron chi connectivity index (χ0n) is 8.28. The van der Waals surface area contributed by atoms with E-state index in [0.29, 0.717) is 9.50 Å². The van der Waals surface area contributed by atoms with E-state index in [1.165, 1.54) is 23.5 Å². The van der Waals surface area contributed by atoms with Crippen LogP contribution in [-0.4, -0.2) is 17.5 Å². The molecule has 0 saturated carbocycles. The van der Waals surface area contributed by atoms with Gasteiger partial charge in [-0.05, 0) is 18.2 Å². The summed E-state index contributed by atoms with van der Waals surface area (Å²) < 4.78 is 33.2. The standard InChI is InChI=1S/C8H9N3O3S2/c1-11-6-3-2-5(16(12,13)14)4-7(6)15-8(11)10-9/h2-4H,9H2,1H3,(H,12,13,14)/b10-8+. The van der Waals surface area contributed by atoms with Gasteiger partial charge in [0.05, 0.1) is 15.1 Å². The van der Waals surface area contributed by atoms with Crippen LogP contribution in [0.2, 0.25) is 0 Å². The van der Waals surface area contributed by atoms with Gasteiger partial charge in [0.15, 0.2) is 0 Å². The van der Waals surface area contributed by atoms with Crippen molar-refractivity contribution in [3.8, 4) is 0 Å². The summed E-state index contributed by atoms with van der Waals surface area (Å²) in [5.41, 5.74) is 0.807. The molecule has 0 radical (unpaired) electrons. The van der Waals surface area contributed by atoms with Crippen molar-refractivity contribution in [2.24, 2.45) is 18.0 Å². The molecule has 1 heterocycles. The van der Waals surface area contributed by atoms with Crippen molar-refractivity contribution in [1.29, 1.82) is 0 Å². The van der Waals surface area contributed by atoms with E-state index >= 15 is 0 Å². The molecule has 0 aliphatic rings. The quantitative estimate of drug-likeness (QED) is 0.436. The molecule has 3 N–H and O–H groups in total. The normalized spacial score (nSPS) is 13.5. The van der Waals surface area contributed by atoms with Crippen LogP contribution in [0.3, 0.4) is 0 Å². The zero-order chi connectivity index (χ0) is 11.9. The van der Waals surface area contributed by atoms with Crippen LogP contribution < -0.4 is 10.6 Å². The Bertz CT molecular complexity index is 712. The fourth-order valence-corrected chi connectivity index (χ4v) is 2.96. The Kier molecular flexibility index (Phi) is 2.49. The number of nitrogens with two attached hydrogens (primary N) is 1. The Hall–Kier alpha value is -1.38. The topological polar surface area (TPSA) is 97.7 Å². The van der Waals surface area contributed by atoms with Crippen LogP contribution in [0.4, 0.5) is 0 Å². The molecule has 0 amide bonds. The first-order valence-corrected chi connectivity index (χ1v) is 6.50. The summed E-state index contributed by atoms with van der Waals surface area (Å²) in [6.07, 6.45) is 0. The Morgan fingerprint density at radius 3 is 2.75 bits per heavy atom. The lowest BCUT2D eigenvalue weighted by Crippen LogP contribution is -2.12. The van der Waals surface area contributed by atoms with E-state index in [9.17, 15) is 8.42 Å². The van der Waals surface area contributed by atoms with E-state index in [2.05, 4.69) is 5.10 Å². The van der Waals surface area contributed by atoms with Gasteiger partial charge in [-0.15, -0.1) is 0 Å². The predicted octanol–water partition coefficient (Wildman–Crippen LogP) is 0.261. The van der Waals surface area contributed by atoms with Gasteiger partial charge in [0, 0.05) is 7.05 Å². The van der Waals surface area contributed by atoms with E-state index in [-0.39, 0.29) is 4.90 Å². The van der Waals surface area contributed by atoms with Crippen molar-refractivity contribution in [3.05, 3.63) is 23.0 Å². The summed E-state index contributed by atoms with van der Waals surface area (Å²) in [7, 11) is -2.39. The highest BCUT2D eigenvalue weighted by molar-refractivity contribution is 7.85. The van der Waals surface area contributed by atoms with Crippen LogP contribution in [0.15, 0.2) is 28.2 Å². The smallest absolute Gasteiger partial charge is 0.294 e.